The third-order valence-corrected chi connectivity index (χ3v) is 2.60. The molecular weight excluding hydrogens is 264 g/mol. The molecule has 0 aliphatic carbocycles. The molecule has 4 nitrogen and oxygen atoms in total. The van der Waals surface area contributed by atoms with E-state index in [0.717, 1.165) is 10.9 Å². The van der Waals surface area contributed by atoms with Crippen molar-refractivity contribution in [2.24, 2.45) is 0 Å². The Hall–Kier alpha value is -1.81. The Morgan fingerprint density at radius 2 is 2.00 bits per heavy atom. The van der Waals surface area contributed by atoms with E-state index < -0.39 is 11.7 Å². The van der Waals surface area contributed by atoms with Crippen molar-refractivity contribution in [3.8, 4) is 0 Å². The number of amides is 1. The minimum atomic E-state index is -0.555. The number of fused-ring (bicyclic) bond motifs is 1. The van der Waals surface area contributed by atoms with Crippen LogP contribution in [0, 0.1) is 0 Å². The van der Waals surface area contributed by atoms with Gasteiger partial charge in [0.25, 0.3) is 0 Å². The fourth-order valence-electron chi connectivity index (χ4n) is 1.59. The molecule has 0 saturated carbocycles. The van der Waals surface area contributed by atoms with Crippen molar-refractivity contribution in [2.45, 2.75) is 26.4 Å². The Morgan fingerprint density at radius 3 is 2.68 bits per heavy atom. The lowest BCUT2D eigenvalue weighted by molar-refractivity contribution is 0.0636. The van der Waals surface area contributed by atoms with Crippen molar-refractivity contribution in [1.82, 2.24) is 4.98 Å². The van der Waals surface area contributed by atoms with Gasteiger partial charge in [-0.3, -0.25) is 5.32 Å². The number of carbonyl (C=O) groups excluding carboxylic acids is 1. The highest BCUT2D eigenvalue weighted by Crippen LogP contribution is 2.25. The zero-order valence-corrected chi connectivity index (χ0v) is 11.8. The van der Waals surface area contributed by atoms with E-state index in [1.165, 1.54) is 0 Å². The van der Waals surface area contributed by atoms with Crippen LogP contribution in [0.1, 0.15) is 20.8 Å². The normalized spacial score (nSPS) is 11.4. The molecule has 1 N–H and O–H groups in total. The number of nitrogens with one attached hydrogen (secondary N) is 1. The number of hydrogen-bond donors (Lipinski definition) is 1. The molecule has 0 saturated heterocycles. The van der Waals surface area contributed by atoms with Gasteiger partial charge in [0.05, 0.1) is 11.2 Å². The van der Waals surface area contributed by atoms with E-state index in [1.807, 2.05) is 24.3 Å². The molecule has 0 fully saturated rings. The predicted octanol–water partition coefficient (Wildman–Crippen LogP) is 4.24. The zero-order chi connectivity index (χ0) is 14.0. The minimum absolute atomic E-state index is 0.240. The van der Waals surface area contributed by atoms with Crippen LogP contribution in [0.3, 0.4) is 0 Å². The van der Waals surface area contributed by atoms with Crippen LogP contribution in [0.2, 0.25) is 5.15 Å². The molecule has 5 heteroatoms. The SMILES string of the molecule is CC(C)(C)OC(=O)Nc1cc2ccccc2nc1Cl. The second-order valence-corrected chi connectivity index (χ2v) is 5.50. The average molecular weight is 279 g/mol. The number of para-hydroxylation sites is 1. The molecule has 1 aromatic carbocycles. The lowest BCUT2D eigenvalue weighted by atomic mass is 10.2. The van der Waals surface area contributed by atoms with Crippen molar-refractivity contribution in [3.63, 3.8) is 0 Å². The van der Waals surface area contributed by atoms with Gasteiger partial charge in [0.15, 0.2) is 5.15 Å². The van der Waals surface area contributed by atoms with Crippen molar-refractivity contribution in [3.05, 3.63) is 35.5 Å². The van der Waals surface area contributed by atoms with Crippen LogP contribution >= 0.6 is 11.6 Å². The van der Waals surface area contributed by atoms with Crippen molar-refractivity contribution < 1.29 is 9.53 Å². The smallest absolute Gasteiger partial charge is 0.412 e. The summed E-state index contributed by atoms with van der Waals surface area (Å²) in [5.74, 6) is 0. The number of nitrogens with zero attached hydrogens (tertiary/aromatic N) is 1. The van der Waals surface area contributed by atoms with Crippen molar-refractivity contribution in [2.75, 3.05) is 5.32 Å². The monoisotopic (exact) mass is 278 g/mol. The highest BCUT2D eigenvalue weighted by Gasteiger charge is 2.17. The fraction of sp³-hybridized carbons (Fsp3) is 0.286. The molecular formula is C14H15ClN2O2. The first-order chi connectivity index (χ1) is 8.85. The second-order valence-electron chi connectivity index (χ2n) is 5.15. The van der Waals surface area contributed by atoms with Gasteiger partial charge in [-0.05, 0) is 32.9 Å². The van der Waals surface area contributed by atoms with Gasteiger partial charge in [0.1, 0.15) is 5.60 Å². The maximum Gasteiger partial charge on any atom is 0.412 e. The number of hydrogen-bond acceptors (Lipinski definition) is 3. The summed E-state index contributed by atoms with van der Waals surface area (Å²) in [5.41, 5.74) is 0.665. The number of pyridine rings is 1. The van der Waals surface area contributed by atoms with Crippen molar-refractivity contribution in [1.29, 1.82) is 0 Å². The summed E-state index contributed by atoms with van der Waals surface area (Å²) in [6.07, 6.45) is -0.550. The lowest BCUT2D eigenvalue weighted by Gasteiger charge is -2.19. The van der Waals surface area contributed by atoms with Crippen LogP contribution in [-0.2, 0) is 4.74 Å². The van der Waals surface area contributed by atoms with Crippen molar-refractivity contribution >= 4 is 34.3 Å². The quantitative estimate of drug-likeness (QED) is 0.794. The summed E-state index contributed by atoms with van der Waals surface area (Å²) < 4.78 is 5.17. The third-order valence-electron chi connectivity index (χ3n) is 2.31. The first kappa shape index (κ1) is 13.6. The first-order valence-corrected chi connectivity index (χ1v) is 6.28. The van der Waals surface area contributed by atoms with E-state index in [2.05, 4.69) is 10.3 Å². The van der Waals surface area contributed by atoms with E-state index in [-0.39, 0.29) is 5.15 Å². The number of halogens is 1. The van der Waals surface area contributed by atoms with Crippen LogP contribution in [0.15, 0.2) is 30.3 Å². The zero-order valence-electron chi connectivity index (χ0n) is 11.0. The Balaban J connectivity index is 2.25. The van der Waals surface area contributed by atoms with Gasteiger partial charge in [0, 0.05) is 5.39 Å². The van der Waals surface area contributed by atoms with E-state index in [1.54, 1.807) is 26.8 Å². The Labute approximate surface area is 116 Å². The molecule has 0 aliphatic heterocycles. The van der Waals surface area contributed by atoms with E-state index >= 15 is 0 Å². The molecule has 0 radical (unpaired) electrons. The predicted molar refractivity (Wildman–Crippen MR) is 76.6 cm³/mol. The number of anilines is 1. The number of ether oxygens (including phenoxy) is 1. The van der Waals surface area contributed by atoms with Crippen LogP contribution in [0.4, 0.5) is 10.5 Å². The lowest BCUT2D eigenvalue weighted by Crippen LogP contribution is -2.27. The fourth-order valence-corrected chi connectivity index (χ4v) is 1.79. The summed E-state index contributed by atoms with van der Waals surface area (Å²) in [7, 11) is 0. The third kappa shape index (κ3) is 3.58. The molecule has 1 amide bonds. The van der Waals surface area contributed by atoms with E-state index in [9.17, 15) is 4.79 Å². The highest BCUT2D eigenvalue weighted by atomic mass is 35.5. The molecule has 1 aromatic heterocycles. The maximum atomic E-state index is 11.7. The topological polar surface area (TPSA) is 51.2 Å². The number of aromatic nitrogens is 1. The molecule has 1 heterocycles. The molecule has 100 valence electrons. The summed E-state index contributed by atoms with van der Waals surface area (Å²) in [6.45, 7) is 5.40. The summed E-state index contributed by atoms with van der Waals surface area (Å²) in [6, 6.07) is 9.31. The van der Waals surface area contributed by atoms with Gasteiger partial charge in [-0.1, -0.05) is 29.8 Å². The van der Waals surface area contributed by atoms with Gasteiger partial charge in [-0.25, -0.2) is 9.78 Å². The highest BCUT2D eigenvalue weighted by molar-refractivity contribution is 6.33. The van der Waals surface area contributed by atoms with Crippen LogP contribution in [0.5, 0.6) is 0 Å². The molecule has 0 aliphatic rings. The van der Waals surface area contributed by atoms with Crippen LogP contribution < -0.4 is 5.32 Å². The van der Waals surface area contributed by atoms with E-state index in [4.69, 9.17) is 16.3 Å². The minimum Gasteiger partial charge on any atom is -0.444 e. The summed E-state index contributed by atoms with van der Waals surface area (Å²) in [5, 5.41) is 3.74. The molecule has 0 spiro atoms. The van der Waals surface area contributed by atoms with Gasteiger partial charge in [-0.15, -0.1) is 0 Å². The average Bonchev–Trinajstić information content (AvgIpc) is 2.27. The number of benzene rings is 1. The molecule has 0 atom stereocenters. The number of carbonyl (C=O) groups is 1. The van der Waals surface area contributed by atoms with Crippen LogP contribution in [-0.4, -0.2) is 16.7 Å². The van der Waals surface area contributed by atoms with Gasteiger partial charge < -0.3 is 4.74 Å². The van der Waals surface area contributed by atoms with Gasteiger partial charge in [0.2, 0.25) is 0 Å². The van der Waals surface area contributed by atoms with Gasteiger partial charge >= 0.3 is 6.09 Å². The molecule has 0 unspecified atom stereocenters. The summed E-state index contributed by atoms with van der Waals surface area (Å²) >= 11 is 6.04. The maximum absolute atomic E-state index is 11.7. The summed E-state index contributed by atoms with van der Waals surface area (Å²) in [4.78, 5) is 15.9. The molecule has 2 aromatic rings. The molecule has 0 bridgehead atoms. The number of rotatable bonds is 1. The van der Waals surface area contributed by atoms with Gasteiger partial charge in [-0.2, -0.15) is 0 Å². The Kier molecular flexibility index (Phi) is 3.62. The second kappa shape index (κ2) is 5.05. The Morgan fingerprint density at radius 1 is 1.32 bits per heavy atom. The standard InChI is InChI=1S/C14H15ClN2O2/c1-14(2,3)19-13(18)17-11-8-9-6-4-5-7-10(9)16-12(11)15/h4-8H,1-3H3,(H,17,18). The van der Waals surface area contributed by atoms with E-state index in [0.29, 0.717) is 5.69 Å². The largest absolute Gasteiger partial charge is 0.444 e. The molecule has 19 heavy (non-hydrogen) atoms. The molecule has 2 rings (SSSR count). The Bertz CT molecular complexity index is 620. The first-order valence-electron chi connectivity index (χ1n) is 5.90. The van der Waals surface area contributed by atoms with Crippen LogP contribution in [0.25, 0.3) is 10.9 Å².